The van der Waals surface area contributed by atoms with Crippen molar-refractivity contribution in [2.75, 3.05) is 0 Å². The summed E-state index contributed by atoms with van der Waals surface area (Å²) in [5.74, 6) is -0.963. The maximum atomic E-state index is 13.1. The van der Waals surface area contributed by atoms with Gasteiger partial charge in [-0.05, 0) is 39.7 Å². The van der Waals surface area contributed by atoms with E-state index in [1.807, 2.05) is 54.5 Å². The van der Waals surface area contributed by atoms with Crippen LogP contribution in [0.15, 0.2) is 36.1 Å². The van der Waals surface area contributed by atoms with Gasteiger partial charge >= 0.3 is 11.9 Å². The van der Waals surface area contributed by atoms with Crippen LogP contribution in [0.3, 0.4) is 0 Å². The summed E-state index contributed by atoms with van der Waals surface area (Å²) < 4.78 is 24.2. The van der Waals surface area contributed by atoms with Crippen molar-refractivity contribution in [3.8, 4) is 0 Å². The molecule has 0 radical (unpaired) electrons. The van der Waals surface area contributed by atoms with Crippen LogP contribution in [-0.2, 0) is 25.5 Å². The number of carbonyl (C=O) groups is 2. The Labute approximate surface area is 267 Å². The van der Waals surface area contributed by atoms with Crippen LogP contribution in [0.5, 0.6) is 0 Å². The molecule has 45 heavy (non-hydrogen) atoms. The van der Waals surface area contributed by atoms with Crippen molar-refractivity contribution in [1.82, 2.24) is 0 Å². The predicted molar refractivity (Wildman–Crippen MR) is 174 cm³/mol. The van der Waals surface area contributed by atoms with Crippen LogP contribution in [0.1, 0.15) is 133 Å². The zero-order valence-corrected chi connectivity index (χ0v) is 29.0. The van der Waals surface area contributed by atoms with E-state index in [1.54, 1.807) is 27.7 Å². The Morgan fingerprint density at radius 1 is 0.889 bits per heavy atom. The van der Waals surface area contributed by atoms with Gasteiger partial charge in [-0.2, -0.15) is 0 Å². The van der Waals surface area contributed by atoms with Gasteiger partial charge in [-0.1, -0.05) is 54.5 Å². The predicted octanol–water partition coefficient (Wildman–Crippen LogP) is 6.70. The first-order chi connectivity index (χ1) is 21.0. The molecule has 0 saturated heterocycles. The minimum atomic E-state index is -0.817. The van der Waals surface area contributed by atoms with Gasteiger partial charge in [0.2, 0.25) is 0 Å². The van der Waals surface area contributed by atoms with Crippen molar-refractivity contribution < 1.29 is 33.0 Å². The second-order valence-electron chi connectivity index (χ2n) is 12.3. The Morgan fingerprint density at radius 2 is 1.49 bits per heavy atom. The van der Waals surface area contributed by atoms with Crippen LogP contribution in [0.4, 0.5) is 0 Å². The molecule has 1 N–H and O–H groups in total. The molecule has 0 aliphatic carbocycles. The minimum absolute atomic E-state index is 0.116. The average molecular weight is 629 g/mol. The SMILES string of the molecule is CCC(=O)O[C@H]([C@@H](C)[C@@H](OC(C)=O)/C(C)=C/[C@H](C)c1cc(=O)c(C)c([C@@H](C)C(O)CC)o1)[C@@H](C)c1oc(CC)c(C)c(=O)c1C. The van der Waals surface area contributed by atoms with Crippen molar-refractivity contribution >= 4 is 11.9 Å². The molecule has 0 aromatic carbocycles. The number of hydrogen-bond acceptors (Lipinski definition) is 9. The van der Waals surface area contributed by atoms with Gasteiger partial charge in [-0.15, -0.1) is 0 Å². The number of ether oxygens (including phenoxy) is 2. The number of esters is 2. The molecule has 7 atom stereocenters. The van der Waals surface area contributed by atoms with Crippen molar-refractivity contribution in [2.24, 2.45) is 5.92 Å². The molecule has 0 fully saturated rings. The van der Waals surface area contributed by atoms with Crippen molar-refractivity contribution in [2.45, 2.75) is 138 Å². The third-order valence-electron chi connectivity index (χ3n) is 8.83. The Morgan fingerprint density at radius 3 is 2.02 bits per heavy atom. The molecule has 0 saturated carbocycles. The van der Waals surface area contributed by atoms with Crippen LogP contribution in [0, 0.1) is 26.7 Å². The largest absolute Gasteiger partial charge is 0.465 e. The van der Waals surface area contributed by atoms with Crippen molar-refractivity contribution in [1.29, 1.82) is 0 Å². The van der Waals surface area contributed by atoms with Gasteiger partial charge in [0.25, 0.3) is 0 Å². The van der Waals surface area contributed by atoms with E-state index in [0.29, 0.717) is 58.1 Å². The fourth-order valence-electron chi connectivity index (χ4n) is 5.94. The Bertz CT molecular complexity index is 1500. The van der Waals surface area contributed by atoms with Gasteiger partial charge in [0.05, 0.1) is 12.0 Å². The standard InChI is InChI=1S/C36H52O9/c1-13-27(38)20(6)34-21(7)28(39)17-30(44-34)18(4)16-19(5)33(42-26(12)37)24(10)36(45-31(40)15-3)25(11)35-23(9)32(41)22(8)29(14-2)43-35/h16-18,20,24-25,27,33,36,38H,13-15H2,1-12H3/b19-16+/t18-,20-,24-,25-,27?,33-,36+/m0/s1. The molecule has 9 heteroatoms. The normalized spacial score (nSPS) is 16.7. The lowest BCUT2D eigenvalue weighted by atomic mass is 9.83. The van der Waals surface area contributed by atoms with E-state index in [1.165, 1.54) is 13.0 Å². The summed E-state index contributed by atoms with van der Waals surface area (Å²) >= 11 is 0. The van der Waals surface area contributed by atoms with Crippen LogP contribution in [-0.4, -0.2) is 35.4 Å². The highest BCUT2D eigenvalue weighted by atomic mass is 16.6. The fourth-order valence-corrected chi connectivity index (χ4v) is 5.94. The van der Waals surface area contributed by atoms with Gasteiger partial charge in [0.15, 0.2) is 10.9 Å². The molecule has 2 aromatic rings. The molecule has 0 aliphatic heterocycles. The Kier molecular flexibility index (Phi) is 13.6. The molecule has 2 aromatic heterocycles. The molecule has 0 bridgehead atoms. The molecule has 9 nitrogen and oxygen atoms in total. The number of allylic oxidation sites excluding steroid dienone is 1. The van der Waals surface area contributed by atoms with Crippen LogP contribution >= 0.6 is 0 Å². The van der Waals surface area contributed by atoms with E-state index in [-0.39, 0.29) is 23.2 Å². The average Bonchev–Trinajstić information content (AvgIpc) is 3.00. The zero-order valence-electron chi connectivity index (χ0n) is 29.0. The van der Waals surface area contributed by atoms with Gasteiger partial charge in [-0.3, -0.25) is 19.2 Å². The van der Waals surface area contributed by atoms with E-state index < -0.39 is 48.0 Å². The summed E-state index contributed by atoms with van der Waals surface area (Å²) in [6.45, 7) is 21.1. The summed E-state index contributed by atoms with van der Waals surface area (Å²) in [4.78, 5) is 51.0. The van der Waals surface area contributed by atoms with Gasteiger partial charge in [0.1, 0.15) is 35.2 Å². The van der Waals surface area contributed by atoms with Crippen LogP contribution in [0.2, 0.25) is 0 Å². The molecule has 250 valence electrons. The van der Waals surface area contributed by atoms with Gasteiger partial charge in [-0.25, -0.2) is 0 Å². The summed E-state index contributed by atoms with van der Waals surface area (Å²) in [5.41, 5.74) is 1.81. The Hall–Kier alpha value is -3.46. The van der Waals surface area contributed by atoms with E-state index in [9.17, 15) is 24.3 Å². The van der Waals surface area contributed by atoms with Crippen LogP contribution in [0.25, 0.3) is 0 Å². The summed E-state index contributed by atoms with van der Waals surface area (Å²) in [6.07, 6.45) is 0.744. The lowest BCUT2D eigenvalue weighted by molar-refractivity contribution is -0.159. The first-order valence-corrected chi connectivity index (χ1v) is 16.0. The number of aliphatic hydroxyl groups excluding tert-OH is 1. The number of rotatable bonds is 14. The number of aryl methyl sites for hydroxylation is 1. The summed E-state index contributed by atoms with van der Waals surface area (Å²) in [7, 11) is 0. The summed E-state index contributed by atoms with van der Waals surface area (Å²) in [5, 5.41) is 10.4. The molecule has 2 heterocycles. The molecule has 0 aliphatic rings. The van der Waals surface area contributed by atoms with E-state index >= 15 is 0 Å². The molecular weight excluding hydrogens is 576 g/mol. The lowest BCUT2D eigenvalue weighted by Crippen LogP contribution is -2.40. The maximum Gasteiger partial charge on any atom is 0.305 e. The molecule has 2 rings (SSSR count). The highest BCUT2D eigenvalue weighted by Gasteiger charge is 2.38. The smallest absolute Gasteiger partial charge is 0.305 e. The van der Waals surface area contributed by atoms with Crippen LogP contribution < -0.4 is 10.9 Å². The third-order valence-corrected chi connectivity index (χ3v) is 8.83. The van der Waals surface area contributed by atoms with E-state index in [2.05, 4.69) is 0 Å². The summed E-state index contributed by atoms with van der Waals surface area (Å²) in [6, 6.07) is 1.45. The molecule has 0 spiro atoms. The highest BCUT2D eigenvalue weighted by Crippen LogP contribution is 2.35. The second-order valence-corrected chi connectivity index (χ2v) is 12.3. The molecule has 0 amide bonds. The lowest BCUT2D eigenvalue weighted by Gasteiger charge is -2.34. The van der Waals surface area contributed by atoms with Gasteiger partial charge < -0.3 is 23.4 Å². The quantitative estimate of drug-likeness (QED) is 0.179. The topological polar surface area (TPSA) is 133 Å². The minimum Gasteiger partial charge on any atom is -0.465 e. The Balaban J connectivity index is 2.63. The second kappa shape index (κ2) is 16.2. The zero-order chi connectivity index (χ0) is 34.3. The number of carbonyl (C=O) groups excluding carboxylic acids is 2. The first-order valence-electron chi connectivity index (χ1n) is 16.0. The molecule has 1 unspecified atom stereocenters. The van der Waals surface area contributed by atoms with Gasteiger partial charge in [0, 0.05) is 60.3 Å². The van der Waals surface area contributed by atoms with E-state index in [0.717, 1.165) is 0 Å². The van der Waals surface area contributed by atoms with Crippen molar-refractivity contribution in [3.63, 3.8) is 0 Å². The third kappa shape index (κ3) is 8.84. The van der Waals surface area contributed by atoms with Crippen molar-refractivity contribution in [3.05, 3.63) is 77.9 Å². The monoisotopic (exact) mass is 628 g/mol. The van der Waals surface area contributed by atoms with E-state index in [4.69, 9.17) is 18.3 Å². The number of aliphatic hydroxyl groups is 1. The first kappa shape index (κ1) is 37.7. The maximum absolute atomic E-state index is 13.1. The fraction of sp³-hybridized carbons (Fsp3) is 0.611. The highest BCUT2D eigenvalue weighted by molar-refractivity contribution is 5.69. The molecular formula is C36H52O9. The number of hydrogen-bond donors (Lipinski definition) is 1.